The molecule has 2 aromatic rings. The van der Waals surface area contributed by atoms with E-state index in [1.54, 1.807) is 13.8 Å². The summed E-state index contributed by atoms with van der Waals surface area (Å²) in [6, 6.07) is 0. The Morgan fingerprint density at radius 1 is 1.35 bits per heavy atom. The average molecular weight is 379 g/mol. The van der Waals surface area contributed by atoms with Crippen molar-refractivity contribution in [3.8, 4) is 0 Å². The van der Waals surface area contributed by atoms with Gasteiger partial charge in [0.1, 0.15) is 11.5 Å². The molecule has 2 rings (SSSR count). The van der Waals surface area contributed by atoms with Crippen molar-refractivity contribution in [1.29, 1.82) is 0 Å². The second kappa shape index (κ2) is 7.91. The highest BCUT2D eigenvalue weighted by molar-refractivity contribution is 7.18. The Hall–Kier alpha value is -3.01. The molecule has 0 radical (unpaired) electrons. The molecule has 2 heterocycles. The molecule has 0 bridgehead atoms. The first-order valence-electron chi connectivity index (χ1n) is 7.61. The summed E-state index contributed by atoms with van der Waals surface area (Å²) in [6.07, 6.45) is 2.49. The van der Waals surface area contributed by atoms with E-state index in [9.17, 15) is 19.2 Å². The maximum absolute atomic E-state index is 12.4. The van der Waals surface area contributed by atoms with Crippen LogP contribution in [0.4, 0.5) is 5.00 Å². The van der Waals surface area contributed by atoms with Crippen molar-refractivity contribution < 1.29 is 29.0 Å². The highest BCUT2D eigenvalue weighted by Crippen LogP contribution is 2.34. The van der Waals surface area contributed by atoms with Gasteiger partial charge >= 0.3 is 11.9 Å². The van der Waals surface area contributed by atoms with Crippen molar-refractivity contribution in [1.82, 2.24) is 9.78 Å². The first-order chi connectivity index (χ1) is 12.2. The Morgan fingerprint density at radius 3 is 2.62 bits per heavy atom. The molecule has 0 saturated carbocycles. The van der Waals surface area contributed by atoms with Gasteiger partial charge in [0, 0.05) is 6.20 Å². The van der Waals surface area contributed by atoms with E-state index >= 15 is 0 Å². The van der Waals surface area contributed by atoms with Gasteiger partial charge in [0.25, 0.3) is 5.91 Å². The quantitative estimate of drug-likeness (QED) is 0.556. The fraction of sp³-hybridized carbons (Fsp3) is 0.312. The van der Waals surface area contributed by atoms with Gasteiger partial charge in [0.05, 0.1) is 28.8 Å². The van der Waals surface area contributed by atoms with E-state index in [1.165, 1.54) is 19.3 Å². The van der Waals surface area contributed by atoms with Crippen molar-refractivity contribution in [3.05, 3.63) is 34.0 Å². The van der Waals surface area contributed by atoms with E-state index in [1.807, 2.05) is 0 Å². The number of hydrogen-bond acceptors (Lipinski definition) is 7. The van der Waals surface area contributed by atoms with E-state index in [0.717, 1.165) is 16.0 Å². The van der Waals surface area contributed by atoms with Crippen molar-refractivity contribution >= 4 is 40.0 Å². The van der Waals surface area contributed by atoms with Gasteiger partial charge in [-0.05, 0) is 26.3 Å². The van der Waals surface area contributed by atoms with E-state index < -0.39 is 17.8 Å². The van der Waals surface area contributed by atoms with E-state index in [4.69, 9.17) is 9.84 Å². The summed E-state index contributed by atoms with van der Waals surface area (Å²) in [5.41, 5.74) is 0.697. The molecule has 0 unspecified atom stereocenters. The molecular formula is C16H17N3O6S. The summed E-state index contributed by atoms with van der Waals surface area (Å²) >= 11 is 0.985. The molecule has 0 spiro atoms. The number of carbonyl (C=O) groups is 4. The monoisotopic (exact) mass is 379 g/mol. The number of nitrogens with one attached hydrogen (secondary N) is 1. The predicted molar refractivity (Wildman–Crippen MR) is 92.8 cm³/mol. The smallest absolute Gasteiger partial charge is 0.341 e. The Morgan fingerprint density at radius 2 is 2.04 bits per heavy atom. The van der Waals surface area contributed by atoms with Crippen LogP contribution in [0, 0.1) is 6.92 Å². The van der Waals surface area contributed by atoms with E-state index in [0.29, 0.717) is 10.4 Å². The number of ketones is 1. The Labute approximate surface area is 152 Å². The molecule has 0 saturated heterocycles. The molecule has 2 aromatic heterocycles. The maximum Gasteiger partial charge on any atom is 0.341 e. The third kappa shape index (κ3) is 4.14. The first-order valence-corrected chi connectivity index (χ1v) is 8.43. The van der Waals surface area contributed by atoms with Gasteiger partial charge in [-0.3, -0.25) is 19.1 Å². The zero-order chi connectivity index (χ0) is 19.4. The largest absolute Gasteiger partial charge is 0.480 e. The molecule has 0 aromatic carbocycles. The number of thiophene rings is 1. The average Bonchev–Trinajstić information content (AvgIpc) is 3.11. The van der Waals surface area contributed by atoms with Gasteiger partial charge in [0.15, 0.2) is 5.78 Å². The number of rotatable bonds is 7. The van der Waals surface area contributed by atoms with Gasteiger partial charge in [-0.15, -0.1) is 11.3 Å². The molecule has 0 aliphatic heterocycles. The number of anilines is 1. The van der Waals surface area contributed by atoms with Crippen LogP contribution in [-0.2, 0) is 16.1 Å². The lowest BCUT2D eigenvalue weighted by atomic mass is 10.1. The van der Waals surface area contributed by atoms with Gasteiger partial charge in [-0.25, -0.2) is 4.79 Å². The zero-order valence-corrected chi connectivity index (χ0v) is 15.2. The molecule has 2 N–H and O–H groups in total. The molecule has 0 aliphatic carbocycles. The minimum atomic E-state index is -1.09. The van der Waals surface area contributed by atoms with Crippen LogP contribution in [0.2, 0.25) is 0 Å². The number of Topliss-reactive ketones (excluding diaryl/α,β-unsaturated/α-hetero) is 1. The molecule has 10 heteroatoms. The lowest BCUT2D eigenvalue weighted by Gasteiger charge is -2.06. The summed E-state index contributed by atoms with van der Waals surface area (Å²) < 4.78 is 6.10. The molecule has 0 atom stereocenters. The summed E-state index contributed by atoms with van der Waals surface area (Å²) in [6.45, 7) is 4.41. The highest BCUT2D eigenvalue weighted by Gasteiger charge is 2.25. The molecule has 138 valence electrons. The first kappa shape index (κ1) is 19.3. The van der Waals surface area contributed by atoms with E-state index in [-0.39, 0.29) is 35.1 Å². The number of aliphatic carboxylic acids is 1. The summed E-state index contributed by atoms with van der Waals surface area (Å²) in [7, 11) is 0. The Bertz CT molecular complexity index is 883. The Balaban J connectivity index is 2.32. The van der Waals surface area contributed by atoms with Gasteiger partial charge in [-0.1, -0.05) is 0 Å². The number of carboxylic acid groups (broad SMARTS) is 1. The third-order valence-corrected chi connectivity index (χ3v) is 4.67. The van der Waals surface area contributed by atoms with Crippen LogP contribution in [0.5, 0.6) is 0 Å². The lowest BCUT2D eigenvalue weighted by molar-refractivity contribution is -0.137. The van der Waals surface area contributed by atoms with Crippen molar-refractivity contribution in [3.63, 3.8) is 0 Å². The van der Waals surface area contributed by atoms with E-state index in [2.05, 4.69) is 10.4 Å². The van der Waals surface area contributed by atoms with Crippen LogP contribution in [0.1, 0.15) is 49.8 Å². The highest BCUT2D eigenvalue weighted by atomic mass is 32.1. The SMILES string of the molecule is CCOC(=O)c1c(NC(=O)c2cnn(CC(=O)O)c2)sc(C(C)=O)c1C. The van der Waals surface area contributed by atoms with Crippen LogP contribution in [-0.4, -0.2) is 45.1 Å². The second-order valence-corrected chi connectivity index (χ2v) is 6.33. The fourth-order valence-corrected chi connectivity index (χ4v) is 3.35. The zero-order valence-electron chi connectivity index (χ0n) is 14.4. The molecular weight excluding hydrogens is 362 g/mol. The number of esters is 1. The van der Waals surface area contributed by atoms with Crippen LogP contribution < -0.4 is 5.32 Å². The third-order valence-electron chi connectivity index (χ3n) is 3.37. The normalized spacial score (nSPS) is 10.4. The van der Waals surface area contributed by atoms with Crippen molar-refractivity contribution in [2.75, 3.05) is 11.9 Å². The lowest BCUT2D eigenvalue weighted by Crippen LogP contribution is -2.14. The number of nitrogens with zero attached hydrogens (tertiary/aromatic N) is 2. The minimum absolute atomic E-state index is 0.122. The molecule has 9 nitrogen and oxygen atoms in total. The van der Waals surface area contributed by atoms with Gasteiger partial charge < -0.3 is 15.2 Å². The summed E-state index contributed by atoms with van der Waals surface area (Å²) in [4.78, 5) is 47.4. The molecule has 0 fully saturated rings. The minimum Gasteiger partial charge on any atom is -0.480 e. The van der Waals surface area contributed by atoms with Gasteiger partial charge in [0.2, 0.25) is 0 Å². The van der Waals surface area contributed by atoms with Crippen LogP contribution in [0.15, 0.2) is 12.4 Å². The standard InChI is InChI=1S/C16H17N3O6S/c1-4-25-16(24)12-8(2)13(9(3)20)26-15(12)18-14(23)10-5-17-19(6-10)7-11(21)22/h5-6H,4,7H2,1-3H3,(H,18,23)(H,21,22). The number of carboxylic acids is 1. The number of aromatic nitrogens is 2. The van der Waals surface area contributed by atoms with Gasteiger partial charge in [-0.2, -0.15) is 5.10 Å². The van der Waals surface area contributed by atoms with Crippen molar-refractivity contribution in [2.45, 2.75) is 27.3 Å². The molecule has 1 amide bonds. The van der Waals surface area contributed by atoms with Crippen LogP contribution >= 0.6 is 11.3 Å². The molecule has 0 aliphatic rings. The predicted octanol–water partition coefficient (Wildman–Crippen LogP) is 1.97. The van der Waals surface area contributed by atoms with Crippen LogP contribution in [0.25, 0.3) is 0 Å². The van der Waals surface area contributed by atoms with Crippen molar-refractivity contribution in [2.24, 2.45) is 0 Å². The number of carbonyl (C=O) groups excluding carboxylic acids is 3. The topological polar surface area (TPSA) is 128 Å². The van der Waals surface area contributed by atoms with Crippen LogP contribution in [0.3, 0.4) is 0 Å². The number of hydrogen-bond donors (Lipinski definition) is 2. The fourth-order valence-electron chi connectivity index (χ4n) is 2.27. The number of ether oxygens (including phenoxy) is 1. The Kier molecular flexibility index (Phi) is 5.88. The second-order valence-electron chi connectivity index (χ2n) is 5.31. The number of amides is 1. The molecule has 26 heavy (non-hydrogen) atoms. The summed E-state index contributed by atoms with van der Waals surface area (Å²) in [5, 5.41) is 15.3. The maximum atomic E-state index is 12.4. The summed E-state index contributed by atoms with van der Waals surface area (Å²) in [5.74, 6) is -2.54.